The molecule has 0 radical (unpaired) electrons. The molecule has 1 aliphatic rings. The highest BCUT2D eigenvalue weighted by atomic mass is 16.2. The second-order valence-corrected chi connectivity index (χ2v) is 5.45. The van der Waals surface area contributed by atoms with E-state index in [1.165, 1.54) is 12.8 Å². The molecule has 0 spiro atoms. The van der Waals surface area contributed by atoms with Gasteiger partial charge in [-0.1, -0.05) is 19.8 Å². The number of carbonyl (C=O) groups is 1. The van der Waals surface area contributed by atoms with Crippen LogP contribution in [0.1, 0.15) is 39.5 Å². The lowest BCUT2D eigenvalue weighted by molar-refractivity contribution is -0.126. The van der Waals surface area contributed by atoms with Gasteiger partial charge in [-0.15, -0.1) is 0 Å². The van der Waals surface area contributed by atoms with Gasteiger partial charge in [0.2, 0.25) is 5.91 Å². The van der Waals surface area contributed by atoms with Crippen LogP contribution in [0.2, 0.25) is 0 Å². The van der Waals surface area contributed by atoms with E-state index in [1.807, 2.05) is 14.0 Å². The molecule has 0 bridgehead atoms. The molecule has 4 heteroatoms. The molecule has 1 fully saturated rings. The third-order valence-corrected chi connectivity index (χ3v) is 3.74. The Morgan fingerprint density at radius 1 is 1.41 bits per heavy atom. The van der Waals surface area contributed by atoms with Gasteiger partial charge in [-0.3, -0.25) is 9.69 Å². The SMILES string of the molecule is CC(CN)CN(C)C(C)C(=O)NC1CCCC1. The van der Waals surface area contributed by atoms with Crippen LogP contribution in [0.5, 0.6) is 0 Å². The van der Waals surface area contributed by atoms with Gasteiger partial charge in [0.1, 0.15) is 0 Å². The quantitative estimate of drug-likeness (QED) is 0.728. The molecule has 1 rings (SSSR count). The van der Waals surface area contributed by atoms with Crippen molar-refractivity contribution >= 4 is 5.91 Å². The molecule has 0 aromatic rings. The number of rotatable bonds is 6. The summed E-state index contributed by atoms with van der Waals surface area (Å²) in [4.78, 5) is 14.1. The van der Waals surface area contributed by atoms with Gasteiger partial charge in [-0.05, 0) is 39.3 Å². The van der Waals surface area contributed by atoms with Crippen LogP contribution >= 0.6 is 0 Å². The minimum atomic E-state index is -0.0652. The third kappa shape index (κ3) is 4.64. The van der Waals surface area contributed by atoms with Gasteiger partial charge in [-0.25, -0.2) is 0 Å². The maximum absolute atomic E-state index is 12.0. The fraction of sp³-hybridized carbons (Fsp3) is 0.923. The zero-order chi connectivity index (χ0) is 12.8. The first-order valence-electron chi connectivity index (χ1n) is 6.75. The van der Waals surface area contributed by atoms with Crippen LogP contribution in [0.25, 0.3) is 0 Å². The number of nitrogens with two attached hydrogens (primary N) is 1. The summed E-state index contributed by atoms with van der Waals surface area (Å²) in [6.45, 7) is 5.61. The molecule has 0 aromatic carbocycles. The summed E-state index contributed by atoms with van der Waals surface area (Å²) in [7, 11) is 1.99. The lowest BCUT2D eigenvalue weighted by Gasteiger charge is -2.27. The molecule has 2 unspecified atom stereocenters. The topological polar surface area (TPSA) is 58.4 Å². The lowest BCUT2D eigenvalue weighted by Crippen LogP contribution is -2.47. The summed E-state index contributed by atoms with van der Waals surface area (Å²) in [5, 5.41) is 3.14. The second kappa shape index (κ2) is 6.97. The number of amides is 1. The Balaban J connectivity index is 2.33. The molecule has 1 amide bonds. The van der Waals surface area contributed by atoms with E-state index in [0.717, 1.165) is 19.4 Å². The lowest BCUT2D eigenvalue weighted by atomic mass is 10.1. The van der Waals surface area contributed by atoms with E-state index >= 15 is 0 Å². The van der Waals surface area contributed by atoms with Gasteiger partial charge in [0, 0.05) is 12.6 Å². The smallest absolute Gasteiger partial charge is 0.237 e. The maximum atomic E-state index is 12.0. The first-order chi connectivity index (χ1) is 8.04. The number of likely N-dealkylation sites (N-methyl/N-ethyl adjacent to an activating group) is 1. The normalized spacial score (nSPS) is 20.5. The van der Waals surface area contributed by atoms with Crippen molar-refractivity contribution in [3.63, 3.8) is 0 Å². The van der Waals surface area contributed by atoms with E-state index in [-0.39, 0.29) is 11.9 Å². The zero-order valence-corrected chi connectivity index (χ0v) is 11.4. The van der Waals surface area contributed by atoms with Crippen molar-refractivity contribution in [2.45, 2.75) is 51.6 Å². The summed E-state index contributed by atoms with van der Waals surface area (Å²) in [5.41, 5.74) is 5.60. The van der Waals surface area contributed by atoms with E-state index in [2.05, 4.69) is 17.1 Å². The second-order valence-electron chi connectivity index (χ2n) is 5.45. The van der Waals surface area contributed by atoms with E-state index in [9.17, 15) is 4.79 Å². The van der Waals surface area contributed by atoms with Gasteiger partial charge >= 0.3 is 0 Å². The van der Waals surface area contributed by atoms with Crippen molar-refractivity contribution in [2.75, 3.05) is 20.1 Å². The average molecular weight is 241 g/mol. The van der Waals surface area contributed by atoms with Crippen molar-refractivity contribution < 1.29 is 4.79 Å². The molecule has 2 atom stereocenters. The number of nitrogens with zero attached hydrogens (tertiary/aromatic N) is 1. The van der Waals surface area contributed by atoms with E-state index in [0.29, 0.717) is 18.5 Å². The van der Waals surface area contributed by atoms with Crippen molar-refractivity contribution in [1.29, 1.82) is 0 Å². The summed E-state index contributed by atoms with van der Waals surface area (Å²) < 4.78 is 0. The largest absolute Gasteiger partial charge is 0.352 e. The Morgan fingerprint density at radius 2 is 2.00 bits per heavy atom. The van der Waals surface area contributed by atoms with Gasteiger partial charge in [-0.2, -0.15) is 0 Å². The van der Waals surface area contributed by atoms with Gasteiger partial charge < -0.3 is 11.1 Å². The number of hydrogen-bond donors (Lipinski definition) is 2. The van der Waals surface area contributed by atoms with Gasteiger partial charge in [0.05, 0.1) is 6.04 Å². The predicted octanol–water partition coefficient (Wildman–Crippen LogP) is 0.960. The molecule has 1 saturated carbocycles. The standard InChI is InChI=1S/C13H27N3O/c1-10(8-14)9-16(3)11(2)13(17)15-12-6-4-5-7-12/h10-12H,4-9,14H2,1-3H3,(H,15,17). The minimum Gasteiger partial charge on any atom is -0.352 e. The first-order valence-corrected chi connectivity index (χ1v) is 6.75. The van der Waals surface area contributed by atoms with Crippen molar-refractivity contribution in [3.8, 4) is 0 Å². The molecule has 17 heavy (non-hydrogen) atoms. The van der Waals surface area contributed by atoms with Gasteiger partial charge in [0.25, 0.3) is 0 Å². The van der Waals surface area contributed by atoms with Crippen LogP contribution < -0.4 is 11.1 Å². The number of hydrogen-bond acceptors (Lipinski definition) is 3. The molecule has 100 valence electrons. The van der Waals surface area contributed by atoms with E-state index < -0.39 is 0 Å². The Bertz CT molecular complexity index is 239. The van der Waals surface area contributed by atoms with Crippen LogP contribution in [0.3, 0.4) is 0 Å². The zero-order valence-electron chi connectivity index (χ0n) is 11.4. The van der Waals surface area contributed by atoms with Crippen LogP contribution in [-0.2, 0) is 4.79 Å². The molecular formula is C13H27N3O. The van der Waals surface area contributed by atoms with Crippen LogP contribution in [0.15, 0.2) is 0 Å². The van der Waals surface area contributed by atoms with Crippen molar-refractivity contribution in [2.24, 2.45) is 11.7 Å². The molecule has 0 aliphatic heterocycles. The molecule has 3 N–H and O–H groups in total. The van der Waals surface area contributed by atoms with Crippen LogP contribution in [-0.4, -0.2) is 43.0 Å². The predicted molar refractivity (Wildman–Crippen MR) is 70.7 cm³/mol. The number of nitrogens with one attached hydrogen (secondary N) is 1. The fourth-order valence-corrected chi connectivity index (χ4v) is 2.32. The molecular weight excluding hydrogens is 214 g/mol. The highest BCUT2D eigenvalue weighted by molar-refractivity contribution is 5.81. The summed E-state index contributed by atoms with van der Waals surface area (Å²) in [6, 6.07) is 0.342. The molecule has 0 aromatic heterocycles. The monoisotopic (exact) mass is 241 g/mol. The Hall–Kier alpha value is -0.610. The van der Waals surface area contributed by atoms with E-state index in [1.54, 1.807) is 0 Å². The molecule has 0 saturated heterocycles. The van der Waals surface area contributed by atoms with E-state index in [4.69, 9.17) is 5.73 Å². The molecule has 0 heterocycles. The summed E-state index contributed by atoms with van der Waals surface area (Å²) in [6.07, 6.45) is 4.78. The highest BCUT2D eigenvalue weighted by Crippen LogP contribution is 2.17. The van der Waals surface area contributed by atoms with Crippen LogP contribution in [0.4, 0.5) is 0 Å². The van der Waals surface area contributed by atoms with Crippen molar-refractivity contribution in [3.05, 3.63) is 0 Å². The fourth-order valence-electron chi connectivity index (χ4n) is 2.32. The Labute approximate surface area is 105 Å². The van der Waals surface area contributed by atoms with Crippen LogP contribution in [0, 0.1) is 5.92 Å². The average Bonchev–Trinajstić information content (AvgIpc) is 2.80. The first kappa shape index (κ1) is 14.5. The Kier molecular flexibility index (Phi) is 5.92. The maximum Gasteiger partial charge on any atom is 0.237 e. The Morgan fingerprint density at radius 3 is 2.53 bits per heavy atom. The number of carbonyl (C=O) groups excluding carboxylic acids is 1. The minimum absolute atomic E-state index is 0.0652. The summed E-state index contributed by atoms with van der Waals surface area (Å²) >= 11 is 0. The third-order valence-electron chi connectivity index (χ3n) is 3.74. The van der Waals surface area contributed by atoms with Crippen molar-refractivity contribution in [1.82, 2.24) is 10.2 Å². The molecule has 4 nitrogen and oxygen atoms in total. The summed E-state index contributed by atoms with van der Waals surface area (Å²) in [5.74, 6) is 0.588. The highest BCUT2D eigenvalue weighted by Gasteiger charge is 2.23. The molecule has 1 aliphatic carbocycles. The van der Waals surface area contributed by atoms with Gasteiger partial charge in [0.15, 0.2) is 0 Å².